The molecule has 1 heterocycles. The fraction of sp³-hybridized carbons (Fsp3) is 0.571. The van der Waals surface area contributed by atoms with Gasteiger partial charge in [0.25, 0.3) is 0 Å². The van der Waals surface area contributed by atoms with Crippen LogP contribution in [0.5, 0.6) is 0 Å². The Morgan fingerprint density at radius 2 is 1.62 bits per heavy atom. The van der Waals surface area contributed by atoms with Gasteiger partial charge >= 0.3 is 0 Å². The van der Waals surface area contributed by atoms with Crippen molar-refractivity contribution >= 4 is 36.4 Å². The molecule has 21 heavy (non-hydrogen) atoms. The molecule has 0 radical (unpaired) electrons. The van der Waals surface area contributed by atoms with Gasteiger partial charge in [0.2, 0.25) is 0 Å². The molecule has 1 saturated heterocycles. The second-order valence-corrected chi connectivity index (χ2v) is 5.79. The number of nitrogens with one attached hydrogen (secondary N) is 1. The molecule has 1 saturated carbocycles. The first-order chi connectivity index (χ1) is 9.16. The van der Waals surface area contributed by atoms with Crippen LogP contribution in [0.1, 0.15) is 24.4 Å². The third kappa shape index (κ3) is 4.20. The Morgan fingerprint density at radius 1 is 1.10 bits per heavy atom. The van der Waals surface area contributed by atoms with Gasteiger partial charge in [0.15, 0.2) is 0 Å². The van der Waals surface area contributed by atoms with Crippen molar-refractivity contribution in [2.24, 2.45) is 5.92 Å². The van der Waals surface area contributed by atoms with Gasteiger partial charge in [-0.15, -0.1) is 24.8 Å². The van der Waals surface area contributed by atoms with E-state index in [1.54, 1.807) is 0 Å². The summed E-state index contributed by atoms with van der Waals surface area (Å²) in [5.74, 6) is -0.649. The molecule has 0 amide bonds. The molecule has 1 aromatic carbocycles. The van der Waals surface area contributed by atoms with Crippen LogP contribution >= 0.6 is 36.4 Å². The maximum Gasteiger partial charge on any atom is 0.132 e. The molecule has 120 valence electrons. The summed E-state index contributed by atoms with van der Waals surface area (Å²) in [4.78, 5) is 2.20. The number of halogens is 5. The van der Waals surface area contributed by atoms with E-state index in [0.29, 0.717) is 5.92 Å². The van der Waals surface area contributed by atoms with E-state index >= 15 is 0 Å². The lowest BCUT2D eigenvalue weighted by Gasteiger charge is -2.35. The maximum absolute atomic E-state index is 14.1. The first-order valence-corrected chi connectivity index (χ1v) is 7.14. The summed E-state index contributed by atoms with van der Waals surface area (Å²) in [5, 5.41) is 3.39. The quantitative estimate of drug-likeness (QED) is 0.882. The van der Waals surface area contributed by atoms with Crippen LogP contribution in [0.4, 0.5) is 8.78 Å². The van der Waals surface area contributed by atoms with E-state index < -0.39 is 11.6 Å². The Bertz CT molecular complexity index is 454. The topological polar surface area (TPSA) is 15.3 Å². The van der Waals surface area contributed by atoms with Gasteiger partial charge in [0.05, 0.1) is 0 Å². The molecule has 2 nitrogen and oxygen atoms in total. The van der Waals surface area contributed by atoms with E-state index in [-0.39, 0.29) is 41.4 Å². The molecule has 1 aliphatic heterocycles. The van der Waals surface area contributed by atoms with E-state index in [2.05, 4.69) is 10.2 Å². The predicted molar refractivity (Wildman–Crippen MR) is 85.8 cm³/mol. The molecule has 0 spiro atoms. The number of hydrogen-bond acceptors (Lipinski definition) is 2. The average Bonchev–Trinajstić information content (AvgIpc) is 3.18. The Labute approximate surface area is 141 Å². The molecule has 1 aromatic rings. The minimum absolute atomic E-state index is 0. The Kier molecular flexibility index (Phi) is 7.14. The Morgan fingerprint density at radius 3 is 2.10 bits per heavy atom. The Hall–Kier alpha value is -0.130. The van der Waals surface area contributed by atoms with Crippen LogP contribution in [-0.2, 0) is 0 Å². The van der Waals surface area contributed by atoms with Crippen LogP contribution < -0.4 is 5.32 Å². The highest BCUT2D eigenvalue weighted by Crippen LogP contribution is 2.46. The summed E-state index contributed by atoms with van der Waals surface area (Å²) in [5.41, 5.74) is 0.203. The molecular formula is C14H19Cl3F2N2. The molecule has 1 aliphatic carbocycles. The smallest absolute Gasteiger partial charge is 0.132 e. The second kappa shape index (κ2) is 7.93. The second-order valence-electron chi connectivity index (χ2n) is 5.35. The van der Waals surface area contributed by atoms with Gasteiger partial charge in [-0.25, -0.2) is 8.78 Å². The zero-order valence-electron chi connectivity index (χ0n) is 11.4. The van der Waals surface area contributed by atoms with Gasteiger partial charge in [0.1, 0.15) is 11.6 Å². The average molecular weight is 360 g/mol. The molecule has 7 heteroatoms. The largest absolute Gasteiger partial charge is 0.314 e. The maximum atomic E-state index is 14.1. The van der Waals surface area contributed by atoms with Crippen LogP contribution in [0.2, 0.25) is 5.02 Å². The van der Waals surface area contributed by atoms with E-state index in [0.717, 1.165) is 39.0 Å². The third-order valence-electron chi connectivity index (χ3n) is 3.95. The van der Waals surface area contributed by atoms with Crippen molar-refractivity contribution in [3.63, 3.8) is 0 Å². The number of hydrogen-bond donors (Lipinski definition) is 1. The van der Waals surface area contributed by atoms with Crippen molar-refractivity contribution in [2.75, 3.05) is 26.2 Å². The number of rotatable bonds is 3. The summed E-state index contributed by atoms with van der Waals surface area (Å²) in [6.45, 7) is 3.42. The SMILES string of the molecule is Cl.Cl.Fc1cc(Cl)cc(F)c1[C@H](C1CC1)N1CCNCC1. The lowest BCUT2D eigenvalue weighted by molar-refractivity contribution is 0.149. The minimum atomic E-state index is -0.513. The molecule has 1 atom stereocenters. The van der Waals surface area contributed by atoms with Crippen LogP contribution in [0, 0.1) is 17.6 Å². The van der Waals surface area contributed by atoms with Crippen molar-refractivity contribution in [2.45, 2.75) is 18.9 Å². The van der Waals surface area contributed by atoms with Gasteiger partial charge in [-0.2, -0.15) is 0 Å². The van der Waals surface area contributed by atoms with Crippen molar-refractivity contribution in [1.82, 2.24) is 10.2 Å². The van der Waals surface area contributed by atoms with Gasteiger partial charge < -0.3 is 5.32 Å². The zero-order chi connectivity index (χ0) is 13.4. The number of benzene rings is 1. The molecule has 1 N–H and O–H groups in total. The Balaban J connectivity index is 0.00000110. The highest BCUT2D eigenvalue weighted by Gasteiger charge is 2.39. The lowest BCUT2D eigenvalue weighted by Crippen LogP contribution is -2.46. The third-order valence-corrected chi connectivity index (χ3v) is 4.17. The van der Waals surface area contributed by atoms with Crippen molar-refractivity contribution in [3.8, 4) is 0 Å². The first kappa shape index (κ1) is 18.9. The highest BCUT2D eigenvalue weighted by molar-refractivity contribution is 6.30. The van der Waals surface area contributed by atoms with Gasteiger partial charge in [-0.3, -0.25) is 4.90 Å². The van der Waals surface area contributed by atoms with Gasteiger partial charge in [-0.1, -0.05) is 11.6 Å². The highest BCUT2D eigenvalue weighted by atomic mass is 35.5. The molecule has 0 aromatic heterocycles. The van der Waals surface area contributed by atoms with E-state index in [1.165, 1.54) is 12.1 Å². The fourth-order valence-electron chi connectivity index (χ4n) is 2.92. The summed E-state index contributed by atoms with van der Waals surface area (Å²) in [7, 11) is 0. The minimum Gasteiger partial charge on any atom is -0.314 e. The van der Waals surface area contributed by atoms with E-state index in [1.807, 2.05) is 0 Å². The summed E-state index contributed by atoms with van der Waals surface area (Å²) >= 11 is 5.70. The van der Waals surface area contributed by atoms with E-state index in [9.17, 15) is 8.78 Å². The van der Waals surface area contributed by atoms with Crippen molar-refractivity contribution in [1.29, 1.82) is 0 Å². The fourth-order valence-corrected chi connectivity index (χ4v) is 3.12. The summed E-state index contributed by atoms with van der Waals surface area (Å²) < 4.78 is 28.3. The monoisotopic (exact) mass is 358 g/mol. The van der Waals surface area contributed by atoms with Gasteiger partial charge in [-0.05, 0) is 30.9 Å². The molecule has 2 fully saturated rings. The van der Waals surface area contributed by atoms with Crippen molar-refractivity contribution < 1.29 is 8.78 Å². The predicted octanol–water partition coefficient (Wildman–Crippen LogP) is 3.82. The standard InChI is InChI=1S/C14H17ClF2N2.2ClH/c15-10-7-11(16)13(12(17)8-10)14(9-1-2-9)19-5-3-18-4-6-19;;/h7-9,14,18H,1-6H2;2*1H/t14-;;/m0../s1. The molecule has 3 rings (SSSR count). The van der Waals surface area contributed by atoms with Crippen LogP contribution in [0.15, 0.2) is 12.1 Å². The number of piperazine rings is 1. The first-order valence-electron chi connectivity index (χ1n) is 6.76. The molecule has 0 bridgehead atoms. The van der Waals surface area contributed by atoms with E-state index in [4.69, 9.17) is 11.6 Å². The van der Waals surface area contributed by atoms with Crippen LogP contribution in [0.25, 0.3) is 0 Å². The number of nitrogens with zero attached hydrogens (tertiary/aromatic N) is 1. The van der Waals surface area contributed by atoms with Crippen LogP contribution in [-0.4, -0.2) is 31.1 Å². The van der Waals surface area contributed by atoms with Crippen molar-refractivity contribution in [3.05, 3.63) is 34.4 Å². The molecular weight excluding hydrogens is 341 g/mol. The normalized spacial score (nSPS) is 20.3. The summed E-state index contributed by atoms with van der Waals surface area (Å²) in [6.07, 6.45) is 2.10. The molecule has 0 unspecified atom stereocenters. The summed E-state index contributed by atoms with van der Waals surface area (Å²) in [6, 6.07) is 2.30. The van der Waals surface area contributed by atoms with Gasteiger partial charge in [0, 0.05) is 42.8 Å². The van der Waals surface area contributed by atoms with Crippen LogP contribution in [0.3, 0.4) is 0 Å². The lowest BCUT2D eigenvalue weighted by atomic mass is 9.98. The molecule has 2 aliphatic rings. The zero-order valence-corrected chi connectivity index (χ0v) is 13.8.